The van der Waals surface area contributed by atoms with E-state index in [1.54, 1.807) is 0 Å². The number of para-hydroxylation sites is 2. The van der Waals surface area contributed by atoms with E-state index in [0.717, 1.165) is 17.1 Å². The summed E-state index contributed by atoms with van der Waals surface area (Å²) >= 11 is 0. The molecule has 0 spiro atoms. The van der Waals surface area contributed by atoms with Crippen LogP contribution in [0.1, 0.15) is 49.9 Å². The summed E-state index contributed by atoms with van der Waals surface area (Å²) in [6.45, 7) is 9.51. The Bertz CT molecular complexity index is 3090. The van der Waals surface area contributed by atoms with Crippen molar-refractivity contribution in [2.24, 2.45) is 0 Å². The lowest BCUT2D eigenvalue weighted by Crippen LogP contribution is -2.31. The molecule has 60 heavy (non-hydrogen) atoms. The topological polar surface area (TPSA) is 6.48 Å². The molecular weight excluding hydrogens is 725 g/mol. The van der Waals surface area contributed by atoms with Gasteiger partial charge in [0.15, 0.2) is 0 Å². The summed E-state index contributed by atoms with van der Waals surface area (Å²) in [5, 5.41) is 2.45. The molecule has 0 unspecified atom stereocenters. The van der Waals surface area contributed by atoms with Gasteiger partial charge in [-0.25, -0.2) is 0 Å². The van der Waals surface area contributed by atoms with Gasteiger partial charge in [0.05, 0.1) is 17.1 Å². The van der Waals surface area contributed by atoms with E-state index < -0.39 is 0 Å². The first-order chi connectivity index (χ1) is 29.3. The van der Waals surface area contributed by atoms with Gasteiger partial charge in [-0.15, -0.1) is 0 Å². The van der Waals surface area contributed by atoms with Gasteiger partial charge in [0.25, 0.3) is 0 Å². The minimum Gasteiger partial charge on any atom is -0.310 e. The predicted octanol–water partition coefficient (Wildman–Crippen LogP) is 16.1. The van der Waals surface area contributed by atoms with Crippen molar-refractivity contribution < 1.29 is 0 Å². The zero-order valence-corrected chi connectivity index (χ0v) is 34.5. The molecule has 11 rings (SSSR count). The highest BCUT2D eigenvalue weighted by Crippen LogP contribution is 2.57. The molecule has 2 aliphatic rings. The molecule has 2 heteroatoms. The minimum absolute atomic E-state index is 0.101. The van der Waals surface area contributed by atoms with Crippen LogP contribution in [0.3, 0.4) is 0 Å². The fraction of sp³-hybridized carbons (Fsp3) is 0.103. The Morgan fingerprint density at radius 2 is 0.900 bits per heavy atom. The van der Waals surface area contributed by atoms with Crippen LogP contribution in [0.4, 0.5) is 34.1 Å². The zero-order valence-electron chi connectivity index (χ0n) is 34.5. The molecule has 0 bridgehead atoms. The van der Waals surface area contributed by atoms with Crippen LogP contribution in [0, 0.1) is 0 Å². The van der Waals surface area contributed by atoms with Gasteiger partial charge in [0.2, 0.25) is 0 Å². The van der Waals surface area contributed by atoms with Crippen molar-refractivity contribution in [3.8, 4) is 33.4 Å². The lowest BCUT2D eigenvalue weighted by atomic mass is 9.73. The second-order valence-corrected chi connectivity index (χ2v) is 17.4. The smallest absolute Gasteiger partial charge is 0.0618 e. The SMILES string of the molecule is CC1(C)c2ccccc2-c2ccc(-c3ccc4ccccc4c3N3c4ccccc4C(C)(C)c4cc(N(c5ccccc5)c5ccc(-c6ccccc6)cc5)ccc43)cc21. The molecule has 0 aromatic heterocycles. The number of nitrogens with zero attached hydrogens (tertiary/aromatic N) is 2. The van der Waals surface area contributed by atoms with E-state index in [-0.39, 0.29) is 10.8 Å². The van der Waals surface area contributed by atoms with E-state index in [1.165, 1.54) is 83.5 Å². The first kappa shape index (κ1) is 36.0. The lowest BCUT2D eigenvalue weighted by molar-refractivity contribution is 0.632. The Morgan fingerprint density at radius 1 is 0.350 bits per heavy atom. The Kier molecular flexibility index (Phi) is 8.22. The third kappa shape index (κ3) is 5.55. The van der Waals surface area contributed by atoms with Gasteiger partial charge in [0, 0.05) is 38.8 Å². The average Bonchev–Trinajstić information content (AvgIpc) is 3.53. The fourth-order valence-electron chi connectivity index (χ4n) is 10.1. The van der Waals surface area contributed by atoms with E-state index in [2.05, 4.69) is 244 Å². The Hall–Kier alpha value is -7.16. The summed E-state index contributed by atoms with van der Waals surface area (Å²) in [4.78, 5) is 4.95. The zero-order chi connectivity index (χ0) is 40.6. The molecule has 1 aliphatic heterocycles. The van der Waals surface area contributed by atoms with Crippen LogP contribution < -0.4 is 9.80 Å². The number of rotatable bonds is 6. The van der Waals surface area contributed by atoms with E-state index in [4.69, 9.17) is 0 Å². The van der Waals surface area contributed by atoms with Crippen LogP contribution in [-0.4, -0.2) is 0 Å². The largest absolute Gasteiger partial charge is 0.310 e. The number of hydrogen-bond donors (Lipinski definition) is 0. The maximum absolute atomic E-state index is 2.56. The van der Waals surface area contributed by atoms with Crippen LogP contribution in [0.15, 0.2) is 206 Å². The summed E-state index contributed by atoms with van der Waals surface area (Å²) < 4.78 is 0. The van der Waals surface area contributed by atoms with E-state index in [9.17, 15) is 0 Å². The van der Waals surface area contributed by atoms with Crippen molar-refractivity contribution in [3.63, 3.8) is 0 Å². The highest BCUT2D eigenvalue weighted by atomic mass is 15.2. The third-order valence-electron chi connectivity index (χ3n) is 13.2. The quantitative estimate of drug-likeness (QED) is 0.166. The predicted molar refractivity (Wildman–Crippen MR) is 254 cm³/mol. The standard InChI is InChI=1S/C58H46N2/c1-57(2)50-24-14-13-23-48(50)49-35-30-42(37-52(49)57)47-34-29-41-19-11-12-22-46(41)56(47)60-54-26-16-15-25-51(54)58(3,4)53-38-45(33-36-55(53)60)59(43-20-9-6-10-21-43)44-31-27-40(28-32-44)39-17-7-5-8-18-39/h5-38H,1-4H3. The van der Waals surface area contributed by atoms with Crippen molar-refractivity contribution in [1.29, 1.82) is 0 Å². The molecule has 9 aromatic carbocycles. The van der Waals surface area contributed by atoms with Crippen molar-refractivity contribution >= 4 is 44.9 Å². The highest BCUT2D eigenvalue weighted by molar-refractivity contribution is 6.08. The van der Waals surface area contributed by atoms with E-state index in [0.29, 0.717) is 0 Å². The molecule has 0 fully saturated rings. The van der Waals surface area contributed by atoms with Gasteiger partial charge in [0.1, 0.15) is 0 Å². The average molecular weight is 771 g/mol. The monoisotopic (exact) mass is 770 g/mol. The first-order valence-corrected chi connectivity index (χ1v) is 21.1. The summed E-state index contributed by atoms with van der Waals surface area (Å²) in [6.07, 6.45) is 0. The number of hydrogen-bond acceptors (Lipinski definition) is 2. The Balaban J connectivity index is 1.12. The van der Waals surface area contributed by atoms with Gasteiger partial charge in [-0.2, -0.15) is 0 Å². The molecule has 9 aromatic rings. The summed E-state index contributed by atoms with van der Waals surface area (Å²) in [6, 6.07) is 76.1. The van der Waals surface area contributed by atoms with Crippen LogP contribution in [0.5, 0.6) is 0 Å². The van der Waals surface area contributed by atoms with E-state index in [1.807, 2.05) is 0 Å². The molecule has 0 saturated heterocycles. The molecule has 1 aliphatic carbocycles. The Morgan fingerprint density at radius 3 is 1.70 bits per heavy atom. The normalized spacial score (nSPS) is 14.2. The molecule has 0 atom stereocenters. The first-order valence-electron chi connectivity index (χ1n) is 21.1. The van der Waals surface area contributed by atoms with Gasteiger partial charge >= 0.3 is 0 Å². The van der Waals surface area contributed by atoms with Crippen LogP contribution in [-0.2, 0) is 10.8 Å². The van der Waals surface area contributed by atoms with Crippen LogP contribution in [0.25, 0.3) is 44.2 Å². The molecule has 0 amide bonds. The molecular formula is C58H46N2. The lowest BCUT2D eigenvalue weighted by Gasteiger charge is -2.43. The van der Waals surface area contributed by atoms with Crippen molar-refractivity contribution in [3.05, 3.63) is 229 Å². The minimum atomic E-state index is -0.286. The van der Waals surface area contributed by atoms with Crippen LogP contribution >= 0.6 is 0 Å². The van der Waals surface area contributed by atoms with Gasteiger partial charge in [-0.3, -0.25) is 0 Å². The second kappa shape index (κ2) is 13.7. The number of anilines is 6. The molecule has 288 valence electrons. The molecule has 0 saturated carbocycles. The maximum Gasteiger partial charge on any atom is 0.0618 e. The second-order valence-electron chi connectivity index (χ2n) is 17.4. The third-order valence-corrected chi connectivity index (χ3v) is 13.2. The maximum atomic E-state index is 2.56. The number of benzene rings is 9. The highest BCUT2D eigenvalue weighted by Gasteiger charge is 2.39. The molecule has 0 N–H and O–H groups in total. The van der Waals surface area contributed by atoms with Crippen molar-refractivity contribution in [1.82, 2.24) is 0 Å². The van der Waals surface area contributed by atoms with Gasteiger partial charge in [-0.1, -0.05) is 179 Å². The molecule has 1 heterocycles. The summed E-state index contributed by atoms with van der Waals surface area (Å²) in [5.41, 5.74) is 19.5. The van der Waals surface area contributed by atoms with E-state index >= 15 is 0 Å². The Labute approximate surface area is 353 Å². The fourth-order valence-corrected chi connectivity index (χ4v) is 10.1. The summed E-state index contributed by atoms with van der Waals surface area (Å²) in [5.74, 6) is 0. The van der Waals surface area contributed by atoms with Crippen LogP contribution in [0.2, 0.25) is 0 Å². The van der Waals surface area contributed by atoms with Gasteiger partial charge in [-0.05, 0) is 110 Å². The van der Waals surface area contributed by atoms with Crippen molar-refractivity contribution in [2.75, 3.05) is 9.80 Å². The van der Waals surface area contributed by atoms with Crippen molar-refractivity contribution in [2.45, 2.75) is 38.5 Å². The summed E-state index contributed by atoms with van der Waals surface area (Å²) in [7, 11) is 0. The molecule has 0 radical (unpaired) electrons. The van der Waals surface area contributed by atoms with Gasteiger partial charge < -0.3 is 9.80 Å². The molecule has 2 nitrogen and oxygen atoms in total. The number of fused-ring (bicyclic) bond motifs is 6.